The minimum Gasteiger partial charge on any atom is -0.350 e. The van der Waals surface area contributed by atoms with E-state index in [9.17, 15) is 4.79 Å². The number of hydrogen-bond acceptors (Lipinski definition) is 1. The van der Waals surface area contributed by atoms with Gasteiger partial charge in [0.05, 0.1) is 0 Å². The first-order valence-corrected chi connectivity index (χ1v) is 6.48. The topological polar surface area (TPSA) is 29.1 Å². The monoisotopic (exact) mass is 281 g/mol. The summed E-state index contributed by atoms with van der Waals surface area (Å²) in [7, 11) is 0. The molecule has 1 heterocycles. The second-order valence-corrected chi connectivity index (χ2v) is 5.40. The normalized spacial score (nSPS) is 24.5. The molecular formula is C13H16BrNO. The zero-order valence-corrected chi connectivity index (χ0v) is 11.0. The molecular weight excluding hydrogens is 266 g/mol. The van der Waals surface area contributed by atoms with Crippen LogP contribution in [0.3, 0.4) is 0 Å². The molecule has 0 aliphatic carbocycles. The van der Waals surface area contributed by atoms with Crippen molar-refractivity contribution in [1.29, 1.82) is 0 Å². The summed E-state index contributed by atoms with van der Waals surface area (Å²) in [4.78, 5) is 11.3. The molecule has 3 heteroatoms. The zero-order valence-electron chi connectivity index (χ0n) is 9.42. The Morgan fingerprint density at radius 3 is 2.56 bits per heavy atom. The van der Waals surface area contributed by atoms with E-state index in [4.69, 9.17) is 0 Å². The third kappa shape index (κ3) is 2.46. The van der Waals surface area contributed by atoms with E-state index in [2.05, 4.69) is 52.4 Å². The highest BCUT2D eigenvalue weighted by Gasteiger charge is 2.35. The van der Waals surface area contributed by atoms with Gasteiger partial charge in [0.2, 0.25) is 5.91 Å². The molecule has 1 aromatic carbocycles. The third-order valence-electron chi connectivity index (χ3n) is 3.37. The number of amides is 1. The van der Waals surface area contributed by atoms with Gasteiger partial charge in [-0.15, -0.1) is 0 Å². The van der Waals surface area contributed by atoms with Crippen molar-refractivity contribution < 1.29 is 4.79 Å². The van der Waals surface area contributed by atoms with Crippen LogP contribution >= 0.6 is 15.9 Å². The van der Waals surface area contributed by atoms with Crippen molar-refractivity contribution in [3.05, 3.63) is 34.3 Å². The number of nitrogens with one attached hydrogen (secondary N) is 1. The lowest BCUT2D eigenvalue weighted by atomic mass is 9.87. The lowest BCUT2D eigenvalue weighted by molar-refractivity contribution is -0.119. The van der Waals surface area contributed by atoms with Crippen molar-refractivity contribution in [2.45, 2.75) is 38.1 Å². The van der Waals surface area contributed by atoms with Crippen LogP contribution in [0.4, 0.5) is 0 Å². The lowest BCUT2D eigenvalue weighted by Gasteiger charge is -2.27. The zero-order chi connectivity index (χ0) is 11.6. The molecule has 1 aliphatic heterocycles. The SMILES string of the molecule is CCC1(Cc2ccc(Br)cc2)CCC(=O)N1. The van der Waals surface area contributed by atoms with E-state index in [1.165, 1.54) is 5.56 Å². The average Bonchev–Trinajstić information content (AvgIpc) is 2.64. The fourth-order valence-corrected chi connectivity index (χ4v) is 2.55. The summed E-state index contributed by atoms with van der Waals surface area (Å²) < 4.78 is 1.09. The van der Waals surface area contributed by atoms with Crippen LogP contribution < -0.4 is 5.32 Å². The number of carbonyl (C=O) groups excluding carboxylic acids is 1. The molecule has 0 radical (unpaired) electrons. The van der Waals surface area contributed by atoms with Crippen molar-refractivity contribution in [3.63, 3.8) is 0 Å². The Labute approximate surface area is 105 Å². The molecule has 1 atom stereocenters. The Bertz CT molecular complexity index is 387. The molecule has 86 valence electrons. The van der Waals surface area contributed by atoms with Crippen molar-refractivity contribution in [2.75, 3.05) is 0 Å². The first kappa shape index (κ1) is 11.6. The van der Waals surface area contributed by atoms with Crippen LogP contribution in [0.1, 0.15) is 31.7 Å². The van der Waals surface area contributed by atoms with Crippen LogP contribution in [0.15, 0.2) is 28.7 Å². The van der Waals surface area contributed by atoms with Crippen LogP contribution in [0.5, 0.6) is 0 Å². The maximum Gasteiger partial charge on any atom is 0.220 e. The quantitative estimate of drug-likeness (QED) is 0.907. The van der Waals surface area contributed by atoms with E-state index in [-0.39, 0.29) is 11.4 Å². The number of hydrogen-bond donors (Lipinski definition) is 1. The minimum atomic E-state index is -0.00902. The van der Waals surface area contributed by atoms with Gasteiger partial charge in [0.25, 0.3) is 0 Å². The van der Waals surface area contributed by atoms with Crippen molar-refractivity contribution >= 4 is 21.8 Å². The molecule has 1 amide bonds. The first-order chi connectivity index (χ1) is 7.63. The van der Waals surface area contributed by atoms with E-state index >= 15 is 0 Å². The summed E-state index contributed by atoms with van der Waals surface area (Å²) in [5, 5.41) is 3.13. The smallest absolute Gasteiger partial charge is 0.220 e. The summed E-state index contributed by atoms with van der Waals surface area (Å²) in [6, 6.07) is 8.34. The van der Waals surface area contributed by atoms with Crippen LogP contribution in [-0.2, 0) is 11.2 Å². The highest BCUT2D eigenvalue weighted by molar-refractivity contribution is 9.10. The van der Waals surface area contributed by atoms with Gasteiger partial charge in [-0.2, -0.15) is 0 Å². The first-order valence-electron chi connectivity index (χ1n) is 5.69. The van der Waals surface area contributed by atoms with Crippen LogP contribution in [-0.4, -0.2) is 11.4 Å². The van der Waals surface area contributed by atoms with Crippen LogP contribution in [0.25, 0.3) is 0 Å². The summed E-state index contributed by atoms with van der Waals surface area (Å²) in [5.41, 5.74) is 1.28. The van der Waals surface area contributed by atoms with Gasteiger partial charge in [0.15, 0.2) is 0 Å². The molecule has 1 unspecified atom stereocenters. The molecule has 2 nitrogen and oxygen atoms in total. The van der Waals surface area contributed by atoms with Gasteiger partial charge in [-0.25, -0.2) is 0 Å². The predicted octanol–water partition coefficient (Wildman–Crippen LogP) is 3.05. The number of benzene rings is 1. The summed E-state index contributed by atoms with van der Waals surface area (Å²) in [6.45, 7) is 2.14. The molecule has 0 spiro atoms. The van der Waals surface area contributed by atoms with Gasteiger partial charge in [0, 0.05) is 16.4 Å². The maximum atomic E-state index is 11.3. The van der Waals surface area contributed by atoms with Gasteiger partial charge in [-0.05, 0) is 37.0 Å². The maximum absolute atomic E-state index is 11.3. The molecule has 1 fully saturated rings. The fourth-order valence-electron chi connectivity index (χ4n) is 2.29. The molecule has 1 saturated heterocycles. The largest absolute Gasteiger partial charge is 0.350 e. The number of carbonyl (C=O) groups is 1. The minimum absolute atomic E-state index is 0.00902. The van der Waals surface area contributed by atoms with Gasteiger partial charge in [-0.1, -0.05) is 35.0 Å². The van der Waals surface area contributed by atoms with E-state index in [1.54, 1.807) is 0 Å². The Kier molecular flexibility index (Phi) is 3.33. The molecule has 2 rings (SSSR count). The molecule has 0 saturated carbocycles. The Balaban J connectivity index is 2.13. The molecule has 0 aromatic heterocycles. The van der Waals surface area contributed by atoms with E-state index in [1.807, 2.05) is 0 Å². The highest BCUT2D eigenvalue weighted by atomic mass is 79.9. The van der Waals surface area contributed by atoms with E-state index in [0.717, 1.165) is 23.7 Å². The molecule has 16 heavy (non-hydrogen) atoms. The number of halogens is 1. The Morgan fingerprint density at radius 1 is 1.38 bits per heavy atom. The molecule has 1 aromatic rings. The highest BCUT2D eigenvalue weighted by Crippen LogP contribution is 2.28. The Morgan fingerprint density at radius 2 is 2.06 bits per heavy atom. The molecule has 1 N–H and O–H groups in total. The Hall–Kier alpha value is -0.830. The summed E-state index contributed by atoms with van der Waals surface area (Å²) >= 11 is 3.43. The number of rotatable bonds is 3. The summed E-state index contributed by atoms with van der Waals surface area (Å²) in [6.07, 6.45) is 3.56. The van der Waals surface area contributed by atoms with Gasteiger partial charge in [0.1, 0.15) is 0 Å². The standard InChI is InChI=1S/C13H16BrNO/c1-2-13(8-7-12(16)15-13)9-10-3-5-11(14)6-4-10/h3-6H,2,7-9H2,1H3,(H,15,16). The van der Waals surface area contributed by atoms with Gasteiger partial charge in [-0.3, -0.25) is 4.79 Å². The van der Waals surface area contributed by atoms with Crippen LogP contribution in [0.2, 0.25) is 0 Å². The predicted molar refractivity (Wildman–Crippen MR) is 68.2 cm³/mol. The molecule has 0 bridgehead atoms. The van der Waals surface area contributed by atoms with E-state index in [0.29, 0.717) is 6.42 Å². The second-order valence-electron chi connectivity index (χ2n) is 4.49. The van der Waals surface area contributed by atoms with Gasteiger partial charge >= 0.3 is 0 Å². The van der Waals surface area contributed by atoms with Crippen molar-refractivity contribution in [3.8, 4) is 0 Å². The summed E-state index contributed by atoms with van der Waals surface area (Å²) in [5.74, 6) is 0.193. The van der Waals surface area contributed by atoms with Crippen molar-refractivity contribution in [2.24, 2.45) is 0 Å². The fraction of sp³-hybridized carbons (Fsp3) is 0.462. The third-order valence-corrected chi connectivity index (χ3v) is 3.90. The van der Waals surface area contributed by atoms with Crippen molar-refractivity contribution in [1.82, 2.24) is 5.32 Å². The second kappa shape index (κ2) is 4.58. The van der Waals surface area contributed by atoms with Crippen LogP contribution in [0, 0.1) is 0 Å². The average molecular weight is 282 g/mol. The molecule has 1 aliphatic rings. The lowest BCUT2D eigenvalue weighted by Crippen LogP contribution is -2.42. The van der Waals surface area contributed by atoms with E-state index < -0.39 is 0 Å². The van der Waals surface area contributed by atoms with Gasteiger partial charge < -0.3 is 5.32 Å².